The van der Waals surface area contributed by atoms with Crippen molar-refractivity contribution < 1.29 is 19.1 Å². The Hall–Kier alpha value is -2.76. The number of ether oxygens (including phenoxy) is 2. The van der Waals surface area contributed by atoms with E-state index in [2.05, 4.69) is 24.1 Å². The third-order valence-electron chi connectivity index (χ3n) is 5.11. The van der Waals surface area contributed by atoms with Crippen LogP contribution >= 0.6 is 0 Å². The van der Waals surface area contributed by atoms with Gasteiger partial charge in [-0.2, -0.15) is 0 Å². The molecule has 0 aromatic heterocycles. The molecule has 6 nitrogen and oxygen atoms in total. The molecule has 1 heterocycles. The number of carbonyl (C=O) groups excluding carboxylic acids is 2. The number of carbonyl (C=O) groups is 2. The van der Waals surface area contributed by atoms with Gasteiger partial charge >= 0.3 is 11.9 Å². The standard InChI is InChI=1S/C23H32N2O4/c1-7-25(8-2)18-13-11-17(12-14-18)21-19(22(26)28-9-3)15(5)24-16(6)20(21)23(27)29-10-4/h11-14,21,24H,7-10H2,1-6H3. The zero-order valence-electron chi connectivity index (χ0n) is 18.3. The minimum atomic E-state index is -0.542. The van der Waals surface area contributed by atoms with Crippen molar-refractivity contribution in [3.63, 3.8) is 0 Å². The van der Waals surface area contributed by atoms with Crippen molar-refractivity contribution in [2.45, 2.75) is 47.5 Å². The maximum atomic E-state index is 12.8. The van der Waals surface area contributed by atoms with E-state index in [0.29, 0.717) is 22.5 Å². The molecule has 0 atom stereocenters. The van der Waals surface area contributed by atoms with Crippen molar-refractivity contribution in [3.05, 3.63) is 52.4 Å². The summed E-state index contributed by atoms with van der Waals surface area (Å²) in [4.78, 5) is 27.8. The van der Waals surface area contributed by atoms with E-state index in [-0.39, 0.29) is 13.2 Å². The van der Waals surface area contributed by atoms with Gasteiger partial charge in [-0.1, -0.05) is 12.1 Å². The Morgan fingerprint density at radius 3 is 1.69 bits per heavy atom. The second-order valence-corrected chi connectivity index (χ2v) is 6.84. The molecular weight excluding hydrogens is 368 g/mol. The van der Waals surface area contributed by atoms with Gasteiger partial charge < -0.3 is 19.7 Å². The summed E-state index contributed by atoms with van der Waals surface area (Å²) in [6.45, 7) is 13.8. The first kappa shape index (κ1) is 22.5. The van der Waals surface area contributed by atoms with Gasteiger partial charge in [0.05, 0.1) is 30.3 Å². The molecule has 0 spiro atoms. The number of nitrogens with one attached hydrogen (secondary N) is 1. The molecule has 1 aromatic rings. The summed E-state index contributed by atoms with van der Waals surface area (Å²) in [7, 11) is 0. The quantitative estimate of drug-likeness (QED) is 0.668. The number of hydrogen-bond acceptors (Lipinski definition) is 6. The summed E-state index contributed by atoms with van der Waals surface area (Å²) < 4.78 is 10.6. The first-order valence-corrected chi connectivity index (χ1v) is 10.3. The van der Waals surface area contributed by atoms with Gasteiger partial charge in [0.25, 0.3) is 0 Å². The first-order valence-electron chi connectivity index (χ1n) is 10.3. The Bertz CT molecular complexity index is 765. The van der Waals surface area contributed by atoms with Gasteiger partial charge in [-0.15, -0.1) is 0 Å². The number of esters is 2. The maximum Gasteiger partial charge on any atom is 0.336 e. The third-order valence-corrected chi connectivity index (χ3v) is 5.11. The van der Waals surface area contributed by atoms with Crippen LogP contribution in [0.25, 0.3) is 0 Å². The Morgan fingerprint density at radius 1 is 0.862 bits per heavy atom. The van der Waals surface area contributed by atoms with Gasteiger partial charge in [-0.25, -0.2) is 9.59 Å². The van der Waals surface area contributed by atoms with Crippen LogP contribution in [0, 0.1) is 0 Å². The molecule has 0 unspecified atom stereocenters. The molecule has 1 aliphatic rings. The summed E-state index contributed by atoms with van der Waals surface area (Å²) in [6, 6.07) is 8.01. The number of hydrogen-bond donors (Lipinski definition) is 1. The second kappa shape index (κ2) is 10.1. The molecule has 1 N–H and O–H groups in total. The fourth-order valence-corrected chi connectivity index (χ4v) is 3.75. The minimum Gasteiger partial charge on any atom is -0.463 e. The number of dihydropyridines is 1. The van der Waals surface area contributed by atoms with E-state index in [0.717, 1.165) is 24.3 Å². The highest BCUT2D eigenvalue weighted by Gasteiger charge is 2.37. The monoisotopic (exact) mass is 400 g/mol. The second-order valence-electron chi connectivity index (χ2n) is 6.84. The molecule has 0 aliphatic carbocycles. The highest BCUT2D eigenvalue weighted by atomic mass is 16.5. The molecule has 0 radical (unpaired) electrons. The minimum absolute atomic E-state index is 0.265. The zero-order chi connectivity index (χ0) is 21.6. The van der Waals surface area contributed by atoms with E-state index >= 15 is 0 Å². The van der Waals surface area contributed by atoms with Crippen LogP contribution in [0.5, 0.6) is 0 Å². The lowest BCUT2D eigenvalue weighted by Crippen LogP contribution is -2.32. The zero-order valence-corrected chi connectivity index (χ0v) is 18.3. The van der Waals surface area contributed by atoms with Crippen molar-refractivity contribution in [3.8, 4) is 0 Å². The molecule has 1 aromatic carbocycles. The Morgan fingerprint density at radius 2 is 1.31 bits per heavy atom. The fraction of sp³-hybridized carbons (Fsp3) is 0.478. The molecule has 29 heavy (non-hydrogen) atoms. The van der Waals surface area contributed by atoms with Crippen LogP contribution in [-0.4, -0.2) is 38.2 Å². The fourth-order valence-electron chi connectivity index (χ4n) is 3.75. The summed E-state index contributed by atoms with van der Waals surface area (Å²) in [5.41, 5.74) is 4.21. The van der Waals surface area contributed by atoms with Gasteiger partial charge in [0.2, 0.25) is 0 Å². The molecule has 0 fully saturated rings. The predicted molar refractivity (Wildman–Crippen MR) is 115 cm³/mol. The van der Waals surface area contributed by atoms with E-state index in [1.165, 1.54) is 0 Å². The van der Waals surface area contributed by atoms with E-state index in [4.69, 9.17) is 9.47 Å². The molecule has 0 amide bonds. The number of anilines is 1. The summed E-state index contributed by atoms with van der Waals surface area (Å²) in [6.07, 6.45) is 0. The Balaban J connectivity index is 2.58. The van der Waals surface area contributed by atoms with Crippen molar-refractivity contribution in [1.82, 2.24) is 5.32 Å². The molecule has 6 heteroatoms. The van der Waals surface area contributed by atoms with Crippen LogP contribution < -0.4 is 10.2 Å². The highest BCUT2D eigenvalue weighted by Crippen LogP contribution is 2.39. The normalized spacial score (nSPS) is 14.6. The number of nitrogens with zero attached hydrogens (tertiary/aromatic N) is 1. The van der Waals surface area contributed by atoms with E-state index < -0.39 is 17.9 Å². The first-order chi connectivity index (χ1) is 13.9. The summed E-state index contributed by atoms with van der Waals surface area (Å²) in [5.74, 6) is -1.39. The van der Waals surface area contributed by atoms with E-state index in [1.54, 1.807) is 13.8 Å². The largest absolute Gasteiger partial charge is 0.463 e. The van der Waals surface area contributed by atoms with Gasteiger partial charge in [0.15, 0.2) is 0 Å². The number of rotatable bonds is 8. The van der Waals surface area contributed by atoms with E-state index in [1.807, 2.05) is 38.1 Å². The van der Waals surface area contributed by atoms with Crippen LogP contribution in [0.1, 0.15) is 53.0 Å². The smallest absolute Gasteiger partial charge is 0.336 e. The van der Waals surface area contributed by atoms with Crippen LogP contribution in [0.4, 0.5) is 5.69 Å². The lowest BCUT2D eigenvalue weighted by Gasteiger charge is -2.31. The topological polar surface area (TPSA) is 67.9 Å². The number of allylic oxidation sites excluding steroid dienone is 2. The lowest BCUT2D eigenvalue weighted by molar-refractivity contribution is -0.139. The van der Waals surface area contributed by atoms with Crippen molar-refractivity contribution in [2.24, 2.45) is 0 Å². The van der Waals surface area contributed by atoms with Crippen LogP contribution in [-0.2, 0) is 19.1 Å². The van der Waals surface area contributed by atoms with Crippen molar-refractivity contribution in [1.29, 1.82) is 0 Å². The van der Waals surface area contributed by atoms with Crippen molar-refractivity contribution in [2.75, 3.05) is 31.2 Å². The maximum absolute atomic E-state index is 12.8. The molecule has 158 valence electrons. The van der Waals surface area contributed by atoms with Crippen LogP contribution in [0.2, 0.25) is 0 Å². The molecule has 0 saturated carbocycles. The average Bonchev–Trinajstić information content (AvgIpc) is 2.69. The Kier molecular flexibility index (Phi) is 7.88. The molecule has 1 aliphatic heterocycles. The van der Waals surface area contributed by atoms with Crippen LogP contribution in [0.3, 0.4) is 0 Å². The molecule has 2 rings (SSSR count). The highest BCUT2D eigenvalue weighted by molar-refractivity contribution is 5.99. The lowest BCUT2D eigenvalue weighted by atomic mass is 9.80. The van der Waals surface area contributed by atoms with Gasteiger partial charge in [-0.05, 0) is 59.2 Å². The average molecular weight is 401 g/mol. The van der Waals surface area contributed by atoms with Gasteiger partial charge in [-0.3, -0.25) is 0 Å². The van der Waals surface area contributed by atoms with Gasteiger partial charge in [0, 0.05) is 30.2 Å². The van der Waals surface area contributed by atoms with Crippen LogP contribution in [0.15, 0.2) is 46.8 Å². The van der Waals surface area contributed by atoms with Crippen molar-refractivity contribution >= 4 is 17.6 Å². The predicted octanol–water partition coefficient (Wildman–Crippen LogP) is 3.89. The summed E-state index contributed by atoms with van der Waals surface area (Å²) in [5, 5.41) is 3.15. The SMILES string of the molecule is CCOC(=O)C1=C(C)NC(C)=C(C(=O)OCC)C1c1ccc(N(CC)CC)cc1. The molecule has 0 saturated heterocycles. The molecular formula is C23H32N2O4. The third kappa shape index (κ3) is 4.81. The Labute approximate surface area is 173 Å². The van der Waals surface area contributed by atoms with Gasteiger partial charge in [0.1, 0.15) is 0 Å². The van der Waals surface area contributed by atoms with E-state index in [9.17, 15) is 9.59 Å². The number of benzene rings is 1. The summed E-state index contributed by atoms with van der Waals surface area (Å²) >= 11 is 0. The molecule has 0 bridgehead atoms.